The maximum atomic E-state index is 12.7. The first-order valence-electron chi connectivity index (χ1n) is 4.94. The van der Waals surface area contributed by atoms with Gasteiger partial charge in [-0.3, -0.25) is 0 Å². The van der Waals surface area contributed by atoms with Crippen LogP contribution in [0.4, 0.5) is 22.0 Å². The van der Waals surface area contributed by atoms with Crippen LogP contribution in [-0.2, 0) is 10.9 Å². The van der Waals surface area contributed by atoms with Crippen molar-refractivity contribution in [3.63, 3.8) is 0 Å². The number of hydrogen-bond donors (Lipinski definition) is 1. The van der Waals surface area contributed by atoms with Gasteiger partial charge in [0.2, 0.25) is 0 Å². The van der Waals surface area contributed by atoms with Gasteiger partial charge in [-0.05, 0) is 6.92 Å². The molecule has 4 nitrogen and oxygen atoms in total. The van der Waals surface area contributed by atoms with E-state index in [1.807, 2.05) is 0 Å². The Morgan fingerprint density at radius 3 is 2.47 bits per heavy atom. The lowest BCUT2D eigenvalue weighted by Gasteiger charge is -2.15. The number of ether oxygens (including phenoxy) is 1. The predicted octanol–water partition coefficient (Wildman–Crippen LogP) is 2.92. The van der Waals surface area contributed by atoms with Crippen molar-refractivity contribution in [2.24, 2.45) is 0 Å². The molecule has 0 atom stereocenters. The smallest absolute Gasteiger partial charge is 0.434 e. The topological polar surface area (TPSA) is 59.4 Å². The van der Waals surface area contributed by atoms with Crippen LogP contribution >= 0.6 is 0 Å². The number of nitrogens with zero attached hydrogens (tertiary/aromatic N) is 1. The molecule has 106 valence electrons. The fourth-order valence-corrected chi connectivity index (χ4v) is 1.36. The van der Waals surface area contributed by atoms with Crippen LogP contribution in [0.25, 0.3) is 0 Å². The standard InChI is InChI=1S/C10H8F5NO3/c1-2-19-9(18)6-5(8(11)12)4(17)3-16-7(6)10(13,14)15/h3,8,17H,2H2,1H3. The number of carbonyl (C=O) groups excluding carboxylic acids is 1. The van der Waals surface area contributed by atoms with Crippen molar-refractivity contribution in [3.8, 4) is 5.75 Å². The molecule has 9 heteroatoms. The van der Waals surface area contributed by atoms with Crippen molar-refractivity contribution in [2.45, 2.75) is 19.5 Å². The van der Waals surface area contributed by atoms with Gasteiger partial charge in [0, 0.05) is 0 Å². The van der Waals surface area contributed by atoms with E-state index >= 15 is 0 Å². The summed E-state index contributed by atoms with van der Waals surface area (Å²) in [6.07, 6.45) is -8.39. The molecule has 0 spiro atoms. The SMILES string of the molecule is CCOC(=O)c1c(C(F)(F)F)ncc(O)c1C(F)F. The zero-order valence-electron chi connectivity index (χ0n) is 9.46. The van der Waals surface area contributed by atoms with E-state index in [9.17, 15) is 26.7 Å². The van der Waals surface area contributed by atoms with E-state index in [0.717, 1.165) is 0 Å². The average molecular weight is 285 g/mol. The van der Waals surface area contributed by atoms with E-state index in [0.29, 0.717) is 0 Å². The molecular formula is C10H8F5NO3. The minimum atomic E-state index is -5.13. The van der Waals surface area contributed by atoms with Crippen molar-refractivity contribution < 1.29 is 36.6 Å². The minimum Gasteiger partial charge on any atom is -0.506 e. The van der Waals surface area contributed by atoms with Gasteiger partial charge in [-0.2, -0.15) is 13.2 Å². The zero-order valence-corrected chi connectivity index (χ0v) is 9.46. The predicted molar refractivity (Wildman–Crippen MR) is 51.8 cm³/mol. The molecule has 0 aliphatic rings. The van der Waals surface area contributed by atoms with Crippen molar-refractivity contribution >= 4 is 5.97 Å². The van der Waals surface area contributed by atoms with E-state index in [1.54, 1.807) is 0 Å². The molecule has 0 radical (unpaired) electrons. The highest BCUT2D eigenvalue weighted by molar-refractivity contribution is 5.93. The summed E-state index contributed by atoms with van der Waals surface area (Å²) in [7, 11) is 0. The van der Waals surface area contributed by atoms with Crippen molar-refractivity contribution in [3.05, 3.63) is 23.0 Å². The second-order valence-corrected chi connectivity index (χ2v) is 3.30. The number of aromatic hydroxyl groups is 1. The lowest BCUT2D eigenvalue weighted by molar-refractivity contribution is -0.141. The van der Waals surface area contributed by atoms with Gasteiger partial charge in [-0.25, -0.2) is 18.6 Å². The molecule has 1 heterocycles. The number of esters is 1. The Balaban J connectivity index is 3.59. The Kier molecular flexibility index (Phi) is 4.28. The van der Waals surface area contributed by atoms with Crippen molar-refractivity contribution in [1.29, 1.82) is 0 Å². The third kappa shape index (κ3) is 3.09. The van der Waals surface area contributed by atoms with Gasteiger partial charge in [0.15, 0.2) is 5.69 Å². The average Bonchev–Trinajstić information content (AvgIpc) is 2.26. The fourth-order valence-electron chi connectivity index (χ4n) is 1.36. The first-order valence-corrected chi connectivity index (χ1v) is 4.94. The molecule has 0 aliphatic carbocycles. The largest absolute Gasteiger partial charge is 0.506 e. The Morgan fingerprint density at radius 2 is 2.05 bits per heavy atom. The Labute approximate surface area is 103 Å². The van der Waals surface area contributed by atoms with Gasteiger partial charge >= 0.3 is 12.1 Å². The molecule has 0 unspecified atom stereocenters. The zero-order chi connectivity index (χ0) is 14.8. The van der Waals surface area contributed by atoms with E-state index in [1.165, 1.54) is 6.92 Å². The molecule has 1 N–H and O–H groups in total. The van der Waals surface area contributed by atoms with Crippen molar-refractivity contribution in [2.75, 3.05) is 6.61 Å². The number of pyridine rings is 1. The van der Waals surface area contributed by atoms with E-state index in [2.05, 4.69) is 9.72 Å². The molecule has 19 heavy (non-hydrogen) atoms. The number of carbonyl (C=O) groups is 1. The first kappa shape index (κ1) is 15.1. The summed E-state index contributed by atoms with van der Waals surface area (Å²) < 4.78 is 67.6. The maximum Gasteiger partial charge on any atom is 0.434 e. The van der Waals surface area contributed by atoms with Crippen LogP contribution in [0.5, 0.6) is 5.75 Å². The molecule has 0 bridgehead atoms. The Morgan fingerprint density at radius 1 is 1.47 bits per heavy atom. The first-order chi connectivity index (χ1) is 8.70. The highest BCUT2D eigenvalue weighted by Crippen LogP contribution is 2.38. The molecule has 1 aromatic heterocycles. The molecule has 0 saturated heterocycles. The molecule has 1 rings (SSSR count). The van der Waals surface area contributed by atoms with E-state index in [4.69, 9.17) is 5.11 Å². The van der Waals surface area contributed by atoms with Gasteiger partial charge in [-0.15, -0.1) is 0 Å². The van der Waals surface area contributed by atoms with E-state index in [-0.39, 0.29) is 12.8 Å². The minimum absolute atomic E-state index is 0.215. The molecule has 0 fully saturated rings. The van der Waals surface area contributed by atoms with Crippen LogP contribution in [0.2, 0.25) is 0 Å². The van der Waals surface area contributed by atoms with Crippen LogP contribution < -0.4 is 0 Å². The maximum absolute atomic E-state index is 12.7. The summed E-state index contributed by atoms with van der Waals surface area (Å²) in [6, 6.07) is 0. The van der Waals surface area contributed by atoms with Gasteiger partial charge in [0.1, 0.15) is 11.3 Å². The second kappa shape index (κ2) is 5.37. The van der Waals surface area contributed by atoms with Gasteiger partial charge in [0.25, 0.3) is 6.43 Å². The van der Waals surface area contributed by atoms with Crippen LogP contribution in [0.1, 0.15) is 35.0 Å². The van der Waals surface area contributed by atoms with Crippen LogP contribution in [0.3, 0.4) is 0 Å². The summed E-state index contributed by atoms with van der Waals surface area (Å²) in [6.45, 7) is 0.984. The van der Waals surface area contributed by atoms with Crippen LogP contribution in [-0.4, -0.2) is 22.7 Å². The number of rotatable bonds is 3. The molecule has 0 aromatic carbocycles. The third-order valence-electron chi connectivity index (χ3n) is 2.06. The lowest BCUT2D eigenvalue weighted by Crippen LogP contribution is -2.19. The monoisotopic (exact) mass is 285 g/mol. The van der Waals surface area contributed by atoms with Crippen LogP contribution in [0.15, 0.2) is 6.20 Å². The summed E-state index contributed by atoms with van der Waals surface area (Å²) in [5.41, 5.74) is -4.73. The molecule has 0 aliphatic heterocycles. The highest BCUT2D eigenvalue weighted by Gasteiger charge is 2.41. The van der Waals surface area contributed by atoms with Gasteiger partial charge in [0.05, 0.1) is 18.4 Å². The van der Waals surface area contributed by atoms with E-state index < -0.39 is 41.1 Å². The molecular weight excluding hydrogens is 277 g/mol. The number of halogens is 5. The third-order valence-corrected chi connectivity index (χ3v) is 2.06. The quantitative estimate of drug-likeness (QED) is 0.685. The molecule has 0 amide bonds. The number of aromatic nitrogens is 1. The second-order valence-electron chi connectivity index (χ2n) is 3.30. The number of hydrogen-bond acceptors (Lipinski definition) is 4. The summed E-state index contributed by atoms with van der Waals surface area (Å²) in [4.78, 5) is 14.2. The fraction of sp³-hybridized carbons (Fsp3) is 0.400. The summed E-state index contributed by atoms with van der Waals surface area (Å²) >= 11 is 0. The summed E-state index contributed by atoms with van der Waals surface area (Å²) in [5.74, 6) is -2.82. The Hall–Kier alpha value is -1.93. The Bertz CT molecular complexity index is 487. The van der Waals surface area contributed by atoms with Crippen LogP contribution in [0, 0.1) is 0 Å². The lowest BCUT2D eigenvalue weighted by atomic mass is 10.1. The van der Waals surface area contributed by atoms with Gasteiger partial charge in [-0.1, -0.05) is 0 Å². The summed E-state index contributed by atoms with van der Waals surface area (Å²) in [5, 5.41) is 9.15. The molecule has 0 saturated carbocycles. The molecule has 1 aromatic rings. The highest BCUT2D eigenvalue weighted by atomic mass is 19.4. The number of alkyl halides is 5. The van der Waals surface area contributed by atoms with Crippen molar-refractivity contribution in [1.82, 2.24) is 4.98 Å². The normalized spacial score (nSPS) is 11.7. The van der Waals surface area contributed by atoms with Gasteiger partial charge < -0.3 is 9.84 Å².